The highest BCUT2D eigenvalue weighted by Gasteiger charge is 2.36. The molecule has 2 bridgehead atoms. The summed E-state index contributed by atoms with van der Waals surface area (Å²) < 4.78 is 0. The van der Waals surface area contributed by atoms with Gasteiger partial charge < -0.3 is 10.2 Å². The first-order valence-electron chi connectivity index (χ1n) is 8.61. The molecule has 1 aliphatic heterocycles. The van der Waals surface area contributed by atoms with E-state index in [9.17, 15) is 4.79 Å². The predicted octanol–water partition coefficient (Wildman–Crippen LogP) is 2.66. The maximum Gasteiger partial charge on any atom is 0.239 e. The maximum atomic E-state index is 12.6. The third-order valence-electron chi connectivity index (χ3n) is 5.90. The molecule has 3 heteroatoms. The Morgan fingerprint density at radius 3 is 2.45 bits per heavy atom. The largest absolute Gasteiger partial charge is 0.341 e. The van der Waals surface area contributed by atoms with E-state index in [1.807, 2.05) is 7.05 Å². The van der Waals surface area contributed by atoms with Gasteiger partial charge in [-0.15, -0.1) is 0 Å². The SMILES string of the molecule is CNC1CCC(C)CN(CC2CC3CCC(C3)C2)C1=O. The van der Waals surface area contributed by atoms with E-state index in [1.165, 1.54) is 38.5 Å². The van der Waals surface area contributed by atoms with E-state index in [2.05, 4.69) is 17.1 Å². The maximum absolute atomic E-state index is 12.6. The lowest BCUT2D eigenvalue weighted by atomic mass is 9.80. The molecular weight excluding hydrogens is 248 g/mol. The Morgan fingerprint density at radius 2 is 1.80 bits per heavy atom. The van der Waals surface area contributed by atoms with Crippen molar-refractivity contribution in [3.05, 3.63) is 0 Å². The average Bonchev–Trinajstić information content (AvgIpc) is 2.70. The van der Waals surface area contributed by atoms with Gasteiger partial charge in [0, 0.05) is 13.1 Å². The first-order valence-corrected chi connectivity index (χ1v) is 8.61. The van der Waals surface area contributed by atoms with E-state index in [4.69, 9.17) is 0 Å². The Hall–Kier alpha value is -0.570. The molecule has 3 aliphatic rings. The number of likely N-dealkylation sites (tertiary alicyclic amines) is 1. The van der Waals surface area contributed by atoms with Gasteiger partial charge in [0.2, 0.25) is 5.91 Å². The Bertz CT molecular complexity index is 345. The molecule has 0 aromatic carbocycles. The highest BCUT2D eigenvalue weighted by Crippen LogP contribution is 2.44. The predicted molar refractivity (Wildman–Crippen MR) is 81.4 cm³/mol. The van der Waals surface area contributed by atoms with Crippen molar-refractivity contribution >= 4 is 5.91 Å². The van der Waals surface area contributed by atoms with Crippen molar-refractivity contribution in [3.63, 3.8) is 0 Å². The van der Waals surface area contributed by atoms with Crippen molar-refractivity contribution in [2.24, 2.45) is 23.7 Å². The van der Waals surface area contributed by atoms with Gasteiger partial charge in [0.15, 0.2) is 0 Å². The summed E-state index contributed by atoms with van der Waals surface area (Å²) >= 11 is 0. The average molecular weight is 278 g/mol. The van der Waals surface area contributed by atoms with Crippen LogP contribution in [0.15, 0.2) is 0 Å². The molecule has 4 atom stereocenters. The molecule has 2 saturated carbocycles. The zero-order valence-electron chi connectivity index (χ0n) is 13.1. The van der Waals surface area contributed by atoms with E-state index < -0.39 is 0 Å². The summed E-state index contributed by atoms with van der Waals surface area (Å²) in [5.74, 6) is 3.72. The van der Waals surface area contributed by atoms with Crippen molar-refractivity contribution in [3.8, 4) is 0 Å². The lowest BCUT2D eigenvalue weighted by Gasteiger charge is -2.34. The van der Waals surface area contributed by atoms with E-state index in [-0.39, 0.29) is 6.04 Å². The molecular formula is C17H30N2O. The monoisotopic (exact) mass is 278 g/mol. The quantitative estimate of drug-likeness (QED) is 0.861. The van der Waals surface area contributed by atoms with Crippen molar-refractivity contribution < 1.29 is 4.79 Å². The number of nitrogens with zero attached hydrogens (tertiary/aromatic N) is 1. The van der Waals surface area contributed by atoms with Gasteiger partial charge in [-0.2, -0.15) is 0 Å². The number of carbonyl (C=O) groups excluding carboxylic acids is 1. The van der Waals surface area contributed by atoms with Gasteiger partial charge in [-0.25, -0.2) is 0 Å². The molecule has 114 valence electrons. The molecule has 3 fully saturated rings. The van der Waals surface area contributed by atoms with Crippen molar-refractivity contribution in [2.75, 3.05) is 20.1 Å². The van der Waals surface area contributed by atoms with Gasteiger partial charge in [0.05, 0.1) is 6.04 Å². The molecule has 2 aliphatic carbocycles. The highest BCUT2D eigenvalue weighted by molar-refractivity contribution is 5.82. The number of likely N-dealkylation sites (N-methyl/N-ethyl adjacent to an activating group) is 1. The van der Waals surface area contributed by atoms with Crippen molar-refractivity contribution in [1.82, 2.24) is 10.2 Å². The number of fused-ring (bicyclic) bond motifs is 2. The minimum atomic E-state index is 0.0558. The zero-order valence-corrected chi connectivity index (χ0v) is 13.1. The second-order valence-corrected chi connectivity index (χ2v) is 7.65. The number of carbonyl (C=O) groups is 1. The third-order valence-corrected chi connectivity index (χ3v) is 5.90. The Balaban J connectivity index is 1.63. The van der Waals surface area contributed by atoms with E-state index in [0.29, 0.717) is 11.8 Å². The second kappa shape index (κ2) is 6.05. The molecule has 1 saturated heterocycles. The smallest absolute Gasteiger partial charge is 0.239 e. The summed E-state index contributed by atoms with van der Waals surface area (Å²) in [6.45, 7) is 4.29. The second-order valence-electron chi connectivity index (χ2n) is 7.65. The van der Waals surface area contributed by atoms with Crippen LogP contribution >= 0.6 is 0 Å². The fourth-order valence-electron chi connectivity index (χ4n) is 4.89. The topological polar surface area (TPSA) is 32.3 Å². The third kappa shape index (κ3) is 3.03. The number of nitrogens with one attached hydrogen (secondary N) is 1. The molecule has 4 unspecified atom stereocenters. The van der Waals surface area contributed by atoms with Crippen LogP contribution in [0, 0.1) is 23.7 Å². The van der Waals surface area contributed by atoms with Crippen molar-refractivity contribution in [1.29, 1.82) is 0 Å². The van der Waals surface area contributed by atoms with Crippen LogP contribution in [-0.4, -0.2) is 37.0 Å². The van der Waals surface area contributed by atoms with Gasteiger partial charge in [-0.05, 0) is 62.8 Å². The summed E-state index contributed by atoms with van der Waals surface area (Å²) in [7, 11) is 1.93. The fraction of sp³-hybridized carbons (Fsp3) is 0.941. The molecule has 1 N–H and O–H groups in total. The van der Waals surface area contributed by atoms with Crippen LogP contribution in [0.25, 0.3) is 0 Å². The van der Waals surface area contributed by atoms with Gasteiger partial charge in [-0.1, -0.05) is 19.8 Å². The minimum absolute atomic E-state index is 0.0558. The Kier molecular flexibility index (Phi) is 4.34. The molecule has 3 rings (SSSR count). The van der Waals surface area contributed by atoms with Crippen LogP contribution < -0.4 is 5.32 Å². The number of amides is 1. The summed E-state index contributed by atoms with van der Waals surface area (Å²) in [6.07, 6.45) is 9.29. The van der Waals surface area contributed by atoms with Crippen LogP contribution in [0.1, 0.15) is 51.9 Å². The lowest BCUT2D eigenvalue weighted by Crippen LogP contribution is -2.46. The molecule has 0 aromatic heterocycles. The Labute approximate surface area is 123 Å². The molecule has 3 nitrogen and oxygen atoms in total. The lowest BCUT2D eigenvalue weighted by molar-refractivity contribution is -0.134. The standard InChI is InChI=1S/C17H30N2O/c1-12-3-6-16(18-2)17(20)19(10-12)11-15-8-13-4-5-14(7-13)9-15/h12-16,18H,3-11H2,1-2H3. The zero-order chi connectivity index (χ0) is 14.1. The van der Waals surface area contributed by atoms with Crippen LogP contribution in [-0.2, 0) is 4.79 Å². The number of hydrogen-bond acceptors (Lipinski definition) is 2. The molecule has 20 heavy (non-hydrogen) atoms. The molecule has 0 radical (unpaired) electrons. The first kappa shape index (κ1) is 14.4. The van der Waals surface area contributed by atoms with Crippen molar-refractivity contribution in [2.45, 2.75) is 57.9 Å². The Morgan fingerprint density at radius 1 is 1.10 bits per heavy atom. The molecule has 0 aromatic rings. The molecule has 1 amide bonds. The van der Waals surface area contributed by atoms with Crippen LogP contribution in [0.2, 0.25) is 0 Å². The van der Waals surface area contributed by atoms with Gasteiger partial charge in [0.25, 0.3) is 0 Å². The normalized spacial score (nSPS) is 41.8. The van der Waals surface area contributed by atoms with Gasteiger partial charge in [-0.3, -0.25) is 4.79 Å². The van der Waals surface area contributed by atoms with Crippen LogP contribution in [0.4, 0.5) is 0 Å². The first-order chi connectivity index (χ1) is 9.65. The number of rotatable bonds is 3. The number of hydrogen-bond donors (Lipinski definition) is 1. The minimum Gasteiger partial charge on any atom is -0.341 e. The van der Waals surface area contributed by atoms with E-state index >= 15 is 0 Å². The molecule has 1 heterocycles. The summed E-state index contributed by atoms with van der Waals surface area (Å²) in [4.78, 5) is 14.8. The summed E-state index contributed by atoms with van der Waals surface area (Å²) in [6, 6.07) is 0.0558. The molecule has 0 spiro atoms. The summed E-state index contributed by atoms with van der Waals surface area (Å²) in [5, 5.41) is 3.22. The van der Waals surface area contributed by atoms with E-state index in [1.54, 1.807) is 0 Å². The summed E-state index contributed by atoms with van der Waals surface area (Å²) in [5.41, 5.74) is 0. The van der Waals surface area contributed by atoms with Gasteiger partial charge >= 0.3 is 0 Å². The highest BCUT2D eigenvalue weighted by atomic mass is 16.2. The van der Waals surface area contributed by atoms with Crippen LogP contribution in [0.3, 0.4) is 0 Å². The van der Waals surface area contributed by atoms with Crippen LogP contribution in [0.5, 0.6) is 0 Å². The fourth-order valence-corrected chi connectivity index (χ4v) is 4.89. The van der Waals surface area contributed by atoms with E-state index in [0.717, 1.165) is 37.3 Å². The van der Waals surface area contributed by atoms with Gasteiger partial charge in [0.1, 0.15) is 0 Å².